The largest absolute Gasteiger partial charge is 0.493 e. The van der Waals surface area contributed by atoms with E-state index in [1.807, 2.05) is 24.4 Å². The highest BCUT2D eigenvalue weighted by atomic mass is 16.5. The van der Waals surface area contributed by atoms with E-state index in [0.717, 1.165) is 41.1 Å². The lowest BCUT2D eigenvalue weighted by atomic mass is 9.90. The summed E-state index contributed by atoms with van der Waals surface area (Å²) >= 11 is 0. The van der Waals surface area contributed by atoms with E-state index in [0.29, 0.717) is 0 Å². The Morgan fingerprint density at radius 2 is 1.81 bits per heavy atom. The maximum atomic E-state index is 5.39. The van der Waals surface area contributed by atoms with Crippen LogP contribution in [0, 0.1) is 5.41 Å². The van der Waals surface area contributed by atoms with Gasteiger partial charge in [0.05, 0.1) is 14.2 Å². The second-order valence-electron chi connectivity index (χ2n) is 5.96. The maximum Gasteiger partial charge on any atom is 0.161 e. The minimum absolute atomic E-state index is 0.237. The van der Waals surface area contributed by atoms with Crippen LogP contribution in [0.25, 0.3) is 10.8 Å². The minimum Gasteiger partial charge on any atom is -0.493 e. The third-order valence-corrected chi connectivity index (χ3v) is 3.96. The number of hydrogen-bond donors (Lipinski definition) is 1. The highest BCUT2D eigenvalue weighted by molar-refractivity contribution is 5.94. The molecule has 0 aliphatic carbocycles. The Bertz CT molecular complexity index is 623. The van der Waals surface area contributed by atoms with Gasteiger partial charge in [-0.25, -0.2) is 4.98 Å². The Kier molecular flexibility index (Phi) is 4.56. The van der Waals surface area contributed by atoms with E-state index in [1.165, 1.54) is 0 Å². The molecule has 0 fully saturated rings. The molecule has 0 aliphatic rings. The van der Waals surface area contributed by atoms with Gasteiger partial charge in [-0.2, -0.15) is 0 Å². The van der Waals surface area contributed by atoms with Crippen molar-refractivity contribution in [3.8, 4) is 11.5 Å². The Morgan fingerprint density at radius 1 is 1.14 bits per heavy atom. The van der Waals surface area contributed by atoms with E-state index in [9.17, 15) is 0 Å². The molecule has 0 aliphatic heterocycles. The fourth-order valence-corrected chi connectivity index (χ4v) is 2.09. The van der Waals surface area contributed by atoms with Gasteiger partial charge in [-0.05, 0) is 35.4 Å². The van der Waals surface area contributed by atoms with Gasteiger partial charge in [0.1, 0.15) is 5.82 Å². The van der Waals surface area contributed by atoms with Gasteiger partial charge in [0.15, 0.2) is 11.5 Å². The van der Waals surface area contributed by atoms with Crippen molar-refractivity contribution < 1.29 is 9.47 Å². The lowest BCUT2D eigenvalue weighted by molar-refractivity contribution is 0.356. The Balaban J connectivity index is 2.40. The molecule has 1 aromatic heterocycles. The highest BCUT2D eigenvalue weighted by Gasteiger charge is 2.16. The zero-order valence-electron chi connectivity index (χ0n) is 13.5. The fraction of sp³-hybridized carbons (Fsp3) is 0.471. The molecule has 1 heterocycles. The van der Waals surface area contributed by atoms with Crippen molar-refractivity contribution in [1.29, 1.82) is 0 Å². The van der Waals surface area contributed by atoms with Gasteiger partial charge in [0.2, 0.25) is 0 Å². The zero-order valence-corrected chi connectivity index (χ0v) is 13.5. The summed E-state index contributed by atoms with van der Waals surface area (Å²) in [6, 6.07) is 5.93. The molecule has 0 radical (unpaired) electrons. The van der Waals surface area contributed by atoms with Crippen molar-refractivity contribution in [1.82, 2.24) is 4.98 Å². The van der Waals surface area contributed by atoms with Crippen molar-refractivity contribution in [2.75, 3.05) is 26.1 Å². The first-order chi connectivity index (χ1) is 10.0. The molecule has 0 amide bonds. The maximum absolute atomic E-state index is 5.39. The molecule has 0 spiro atoms. The van der Waals surface area contributed by atoms with Crippen molar-refractivity contribution in [2.24, 2.45) is 5.41 Å². The smallest absolute Gasteiger partial charge is 0.161 e. The molecule has 2 rings (SSSR count). The van der Waals surface area contributed by atoms with E-state index in [-0.39, 0.29) is 5.41 Å². The van der Waals surface area contributed by atoms with Gasteiger partial charge in [-0.3, -0.25) is 0 Å². The number of aromatic nitrogens is 1. The molecule has 0 bridgehead atoms. The van der Waals surface area contributed by atoms with E-state index in [2.05, 4.69) is 31.1 Å². The molecule has 0 atom stereocenters. The summed E-state index contributed by atoms with van der Waals surface area (Å²) < 4.78 is 10.7. The molecule has 1 aromatic carbocycles. The molecule has 0 saturated heterocycles. The molecule has 2 aromatic rings. The molecule has 21 heavy (non-hydrogen) atoms. The van der Waals surface area contributed by atoms with Crippen LogP contribution in [-0.4, -0.2) is 25.7 Å². The lowest BCUT2D eigenvalue weighted by Crippen LogP contribution is -2.22. The van der Waals surface area contributed by atoms with Gasteiger partial charge in [0.25, 0.3) is 0 Å². The number of methoxy groups -OCH3 is 2. The monoisotopic (exact) mass is 288 g/mol. The summed E-state index contributed by atoms with van der Waals surface area (Å²) in [5, 5.41) is 5.59. The predicted molar refractivity (Wildman–Crippen MR) is 87.4 cm³/mol. The van der Waals surface area contributed by atoms with Crippen molar-refractivity contribution in [3.05, 3.63) is 24.4 Å². The first-order valence-corrected chi connectivity index (χ1v) is 7.25. The molecule has 4 heteroatoms. The molecule has 114 valence electrons. The van der Waals surface area contributed by atoms with Crippen molar-refractivity contribution >= 4 is 16.6 Å². The molecule has 4 nitrogen and oxygen atoms in total. The number of benzene rings is 1. The molecular weight excluding hydrogens is 264 g/mol. The van der Waals surface area contributed by atoms with Gasteiger partial charge in [0, 0.05) is 18.1 Å². The third kappa shape index (κ3) is 3.38. The van der Waals surface area contributed by atoms with E-state index >= 15 is 0 Å². The average Bonchev–Trinajstić information content (AvgIpc) is 2.51. The first-order valence-electron chi connectivity index (χ1n) is 7.25. The van der Waals surface area contributed by atoms with Crippen LogP contribution < -0.4 is 14.8 Å². The highest BCUT2D eigenvalue weighted by Crippen LogP contribution is 2.34. The van der Waals surface area contributed by atoms with Gasteiger partial charge >= 0.3 is 0 Å². The quantitative estimate of drug-likeness (QED) is 0.869. The van der Waals surface area contributed by atoms with Gasteiger partial charge in [-0.1, -0.05) is 20.8 Å². The van der Waals surface area contributed by atoms with Crippen molar-refractivity contribution in [2.45, 2.75) is 27.2 Å². The molecular formula is C17H24N2O2. The number of nitrogens with one attached hydrogen (secondary N) is 1. The predicted octanol–water partition coefficient (Wildman–Crippen LogP) is 4.10. The number of pyridine rings is 1. The lowest BCUT2D eigenvalue weighted by Gasteiger charge is -2.23. The van der Waals surface area contributed by atoms with E-state index in [1.54, 1.807) is 14.2 Å². The zero-order chi connectivity index (χ0) is 15.5. The minimum atomic E-state index is 0.237. The summed E-state index contributed by atoms with van der Waals surface area (Å²) in [7, 11) is 3.29. The number of hydrogen-bond acceptors (Lipinski definition) is 4. The second kappa shape index (κ2) is 6.20. The number of ether oxygens (including phenoxy) is 2. The van der Waals surface area contributed by atoms with Crippen LogP contribution in [0.2, 0.25) is 0 Å². The Labute approximate surface area is 126 Å². The van der Waals surface area contributed by atoms with Crippen LogP contribution >= 0.6 is 0 Å². The summed E-state index contributed by atoms with van der Waals surface area (Å²) in [4.78, 5) is 4.47. The fourth-order valence-electron chi connectivity index (χ4n) is 2.09. The third-order valence-electron chi connectivity index (χ3n) is 3.96. The van der Waals surface area contributed by atoms with E-state index in [4.69, 9.17) is 9.47 Å². The van der Waals surface area contributed by atoms with Crippen LogP contribution in [0.5, 0.6) is 11.5 Å². The molecule has 0 saturated carbocycles. The number of nitrogens with zero attached hydrogens (tertiary/aromatic N) is 1. The summed E-state index contributed by atoms with van der Waals surface area (Å²) in [5.41, 5.74) is 0.237. The van der Waals surface area contributed by atoms with Crippen LogP contribution in [0.3, 0.4) is 0 Å². The Hall–Kier alpha value is -1.97. The first kappa shape index (κ1) is 15.4. The standard InChI is InChI=1S/C17H24N2O2/c1-6-17(2,3)11-19-16-13-10-15(21-5)14(20-4)9-12(13)7-8-18-16/h7-10H,6,11H2,1-5H3,(H,18,19). The SMILES string of the molecule is CCC(C)(C)CNc1nccc2cc(OC)c(OC)cc12. The number of anilines is 1. The summed E-state index contributed by atoms with van der Waals surface area (Å²) in [5.74, 6) is 2.34. The number of fused-ring (bicyclic) bond motifs is 1. The Morgan fingerprint density at radius 3 is 2.43 bits per heavy atom. The van der Waals surface area contributed by atoms with Gasteiger partial charge in [-0.15, -0.1) is 0 Å². The van der Waals surface area contributed by atoms with Crippen LogP contribution in [0.15, 0.2) is 24.4 Å². The van der Waals surface area contributed by atoms with E-state index < -0.39 is 0 Å². The number of rotatable bonds is 6. The average molecular weight is 288 g/mol. The molecule has 1 N–H and O–H groups in total. The van der Waals surface area contributed by atoms with Crippen LogP contribution in [0.1, 0.15) is 27.2 Å². The molecule has 0 unspecified atom stereocenters. The summed E-state index contributed by atoms with van der Waals surface area (Å²) in [6.07, 6.45) is 2.93. The van der Waals surface area contributed by atoms with Crippen LogP contribution in [-0.2, 0) is 0 Å². The van der Waals surface area contributed by atoms with Crippen molar-refractivity contribution in [3.63, 3.8) is 0 Å². The second-order valence-corrected chi connectivity index (χ2v) is 5.96. The topological polar surface area (TPSA) is 43.4 Å². The normalized spacial score (nSPS) is 11.5. The van der Waals surface area contributed by atoms with Crippen LogP contribution in [0.4, 0.5) is 5.82 Å². The van der Waals surface area contributed by atoms with Gasteiger partial charge < -0.3 is 14.8 Å². The summed E-state index contributed by atoms with van der Waals surface area (Å²) in [6.45, 7) is 7.57.